The van der Waals surface area contributed by atoms with E-state index in [0.29, 0.717) is 25.1 Å². The van der Waals surface area contributed by atoms with Crippen LogP contribution in [0.15, 0.2) is 23.3 Å². The predicted molar refractivity (Wildman–Crippen MR) is 74.4 cm³/mol. The first-order chi connectivity index (χ1) is 9.60. The summed E-state index contributed by atoms with van der Waals surface area (Å²) in [5.41, 5.74) is 4.66. The highest BCUT2D eigenvalue weighted by Gasteiger charge is 2.17. The molecule has 1 heterocycles. The van der Waals surface area contributed by atoms with Crippen LogP contribution in [0.1, 0.15) is 24.0 Å². The van der Waals surface area contributed by atoms with Crippen LogP contribution >= 0.6 is 0 Å². The highest BCUT2D eigenvalue weighted by Crippen LogP contribution is 2.18. The Balaban J connectivity index is 1.93. The number of hydrogen-bond donors (Lipinski definition) is 2. The Labute approximate surface area is 117 Å². The van der Waals surface area contributed by atoms with Crippen LogP contribution < -0.4 is 15.5 Å². The van der Waals surface area contributed by atoms with Gasteiger partial charge in [-0.15, -0.1) is 0 Å². The first-order valence-electron chi connectivity index (χ1n) is 6.37. The molecular weight excluding hydrogens is 258 g/mol. The van der Waals surface area contributed by atoms with Crippen molar-refractivity contribution in [3.8, 4) is 5.75 Å². The number of methoxy groups -OCH3 is 1. The average molecular weight is 275 g/mol. The molecule has 0 aliphatic carbocycles. The largest absolute Gasteiger partial charge is 0.496 e. The number of carbonyl (C=O) groups excluding carboxylic acids is 2. The smallest absolute Gasteiger partial charge is 0.267 e. The summed E-state index contributed by atoms with van der Waals surface area (Å²) < 4.78 is 5.18. The maximum atomic E-state index is 11.9. The molecule has 1 aromatic carbocycles. The van der Waals surface area contributed by atoms with Crippen molar-refractivity contribution in [3.05, 3.63) is 29.3 Å². The summed E-state index contributed by atoms with van der Waals surface area (Å²) in [6.45, 7) is 2.36. The lowest BCUT2D eigenvalue weighted by Crippen LogP contribution is -2.36. The first-order valence-corrected chi connectivity index (χ1v) is 6.37. The number of benzene rings is 1. The van der Waals surface area contributed by atoms with Gasteiger partial charge in [0, 0.05) is 19.4 Å². The van der Waals surface area contributed by atoms with Gasteiger partial charge in [0.15, 0.2) is 0 Å². The number of nitrogens with zero attached hydrogens (tertiary/aromatic N) is 1. The minimum atomic E-state index is -0.251. The van der Waals surface area contributed by atoms with Gasteiger partial charge >= 0.3 is 0 Å². The minimum absolute atomic E-state index is 0.160. The van der Waals surface area contributed by atoms with Crippen molar-refractivity contribution >= 4 is 17.5 Å². The van der Waals surface area contributed by atoms with Crippen LogP contribution in [-0.4, -0.2) is 24.6 Å². The van der Waals surface area contributed by atoms with Gasteiger partial charge in [-0.2, -0.15) is 5.10 Å². The van der Waals surface area contributed by atoms with E-state index in [1.54, 1.807) is 7.11 Å². The van der Waals surface area contributed by atoms with Gasteiger partial charge in [0.05, 0.1) is 7.11 Å². The molecule has 1 aliphatic rings. The number of aryl methyl sites for hydroxylation is 1. The maximum Gasteiger partial charge on any atom is 0.267 e. The van der Waals surface area contributed by atoms with Gasteiger partial charge in [-0.1, -0.05) is 12.1 Å². The van der Waals surface area contributed by atoms with Crippen LogP contribution in [0, 0.1) is 6.92 Å². The maximum absolute atomic E-state index is 11.9. The third-order valence-electron chi connectivity index (χ3n) is 3.08. The minimum Gasteiger partial charge on any atom is -0.496 e. The van der Waals surface area contributed by atoms with E-state index < -0.39 is 0 Å². The lowest BCUT2D eigenvalue weighted by atomic mass is 10.1. The highest BCUT2D eigenvalue weighted by molar-refractivity contribution is 6.39. The molecule has 0 saturated heterocycles. The van der Waals surface area contributed by atoms with Crippen molar-refractivity contribution in [2.45, 2.75) is 26.3 Å². The molecule has 2 rings (SSSR count). The number of nitrogens with one attached hydrogen (secondary N) is 2. The molecule has 0 aromatic heterocycles. The van der Waals surface area contributed by atoms with E-state index >= 15 is 0 Å². The molecule has 6 nitrogen and oxygen atoms in total. The summed E-state index contributed by atoms with van der Waals surface area (Å²) in [5, 5.41) is 6.54. The Kier molecular flexibility index (Phi) is 4.34. The van der Waals surface area contributed by atoms with E-state index in [-0.39, 0.29) is 11.8 Å². The zero-order valence-corrected chi connectivity index (χ0v) is 11.5. The molecule has 20 heavy (non-hydrogen) atoms. The van der Waals surface area contributed by atoms with Gasteiger partial charge in [0.2, 0.25) is 5.91 Å². The molecule has 0 unspecified atom stereocenters. The molecular formula is C14H17N3O3. The molecule has 0 spiro atoms. The van der Waals surface area contributed by atoms with E-state index in [0.717, 1.165) is 16.9 Å². The molecule has 1 aliphatic heterocycles. The fourth-order valence-electron chi connectivity index (χ4n) is 1.97. The van der Waals surface area contributed by atoms with Crippen LogP contribution in [0.5, 0.6) is 5.75 Å². The Morgan fingerprint density at radius 1 is 1.45 bits per heavy atom. The van der Waals surface area contributed by atoms with E-state index in [4.69, 9.17) is 4.74 Å². The van der Waals surface area contributed by atoms with Crippen molar-refractivity contribution in [2.75, 3.05) is 7.11 Å². The molecule has 106 valence electrons. The molecule has 0 fully saturated rings. The van der Waals surface area contributed by atoms with Crippen LogP contribution in [0.3, 0.4) is 0 Å². The van der Waals surface area contributed by atoms with Crippen LogP contribution in [0.25, 0.3) is 0 Å². The van der Waals surface area contributed by atoms with E-state index in [9.17, 15) is 9.59 Å². The number of rotatable bonds is 4. The van der Waals surface area contributed by atoms with E-state index in [1.165, 1.54) is 0 Å². The molecule has 1 aromatic rings. The number of hydrazone groups is 1. The van der Waals surface area contributed by atoms with Gasteiger partial charge < -0.3 is 10.1 Å². The summed E-state index contributed by atoms with van der Waals surface area (Å²) in [5.74, 6) is 0.408. The van der Waals surface area contributed by atoms with Crippen LogP contribution in [-0.2, 0) is 16.1 Å². The second-order valence-electron chi connectivity index (χ2n) is 4.58. The normalized spacial score (nSPS) is 14.3. The SMILES string of the molecule is COc1ccc(CNC(=O)C2=NNC(=O)CC2)cc1C. The summed E-state index contributed by atoms with van der Waals surface area (Å²) in [6.07, 6.45) is 0.674. The topological polar surface area (TPSA) is 79.8 Å². The molecule has 6 heteroatoms. The Hall–Kier alpha value is -2.37. The summed E-state index contributed by atoms with van der Waals surface area (Å²) in [4.78, 5) is 22.8. The van der Waals surface area contributed by atoms with Gasteiger partial charge in [0.1, 0.15) is 11.5 Å². The fraction of sp³-hybridized carbons (Fsp3) is 0.357. The highest BCUT2D eigenvalue weighted by atomic mass is 16.5. The monoisotopic (exact) mass is 275 g/mol. The van der Waals surface area contributed by atoms with Crippen molar-refractivity contribution < 1.29 is 14.3 Å². The Morgan fingerprint density at radius 3 is 2.85 bits per heavy atom. The summed E-state index contributed by atoms with van der Waals surface area (Å²) >= 11 is 0. The number of ether oxygens (including phenoxy) is 1. The number of carbonyl (C=O) groups is 2. The zero-order valence-electron chi connectivity index (χ0n) is 11.5. The second-order valence-corrected chi connectivity index (χ2v) is 4.58. The first kappa shape index (κ1) is 14.0. The lowest BCUT2D eigenvalue weighted by molar-refractivity contribution is -0.121. The van der Waals surface area contributed by atoms with Gasteiger partial charge in [-0.25, -0.2) is 5.43 Å². The van der Waals surface area contributed by atoms with Crippen LogP contribution in [0.2, 0.25) is 0 Å². The van der Waals surface area contributed by atoms with Crippen molar-refractivity contribution in [1.29, 1.82) is 0 Å². The molecule has 0 bridgehead atoms. The predicted octanol–water partition coefficient (Wildman–Crippen LogP) is 0.886. The zero-order chi connectivity index (χ0) is 14.5. The quantitative estimate of drug-likeness (QED) is 0.856. The fourth-order valence-corrected chi connectivity index (χ4v) is 1.97. The van der Waals surface area contributed by atoms with Gasteiger partial charge in [0.25, 0.3) is 5.91 Å². The van der Waals surface area contributed by atoms with E-state index in [1.807, 2.05) is 25.1 Å². The number of hydrogen-bond acceptors (Lipinski definition) is 4. The van der Waals surface area contributed by atoms with Crippen molar-refractivity contribution in [3.63, 3.8) is 0 Å². The second kappa shape index (κ2) is 6.18. The third kappa shape index (κ3) is 3.34. The summed E-state index contributed by atoms with van der Waals surface area (Å²) in [7, 11) is 1.62. The lowest BCUT2D eigenvalue weighted by Gasteiger charge is -2.12. The van der Waals surface area contributed by atoms with Crippen molar-refractivity contribution in [1.82, 2.24) is 10.7 Å². The van der Waals surface area contributed by atoms with Gasteiger partial charge in [-0.05, 0) is 24.1 Å². The Bertz CT molecular complexity index is 567. The molecule has 0 saturated carbocycles. The average Bonchev–Trinajstić information content (AvgIpc) is 2.45. The Morgan fingerprint density at radius 2 is 2.25 bits per heavy atom. The molecule has 0 atom stereocenters. The van der Waals surface area contributed by atoms with Gasteiger partial charge in [-0.3, -0.25) is 9.59 Å². The van der Waals surface area contributed by atoms with E-state index in [2.05, 4.69) is 15.8 Å². The van der Waals surface area contributed by atoms with Crippen LogP contribution in [0.4, 0.5) is 0 Å². The standard InChI is InChI=1S/C14H17N3O3/c1-9-7-10(3-5-12(9)20-2)8-15-14(19)11-4-6-13(18)17-16-11/h3,5,7H,4,6,8H2,1-2H3,(H,15,19)(H,17,18). The summed E-state index contributed by atoms with van der Waals surface area (Å²) in [6, 6.07) is 5.73. The molecule has 2 amide bonds. The third-order valence-corrected chi connectivity index (χ3v) is 3.08. The molecule has 0 radical (unpaired) electrons. The number of amides is 2. The molecule has 2 N–H and O–H groups in total. The van der Waals surface area contributed by atoms with Crippen molar-refractivity contribution in [2.24, 2.45) is 5.10 Å².